The van der Waals surface area contributed by atoms with Crippen molar-refractivity contribution >= 4 is 26.8 Å². The van der Waals surface area contributed by atoms with Crippen molar-refractivity contribution in [1.82, 2.24) is 4.98 Å². The Balaban J connectivity index is 2.00. The quantitative estimate of drug-likeness (QED) is 0.762. The van der Waals surface area contributed by atoms with Gasteiger partial charge < -0.3 is 13.9 Å². The van der Waals surface area contributed by atoms with E-state index in [1.54, 1.807) is 31.2 Å². The number of oxazole rings is 1. The van der Waals surface area contributed by atoms with Gasteiger partial charge in [0.15, 0.2) is 11.5 Å². The molecular formula is C16H16N2O5S. The Labute approximate surface area is 139 Å². The van der Waals surface area contributed by atoms with Crippen LogP contribution < -0.4 is 14.2 Å². The first-order chi connectivity index (χ1) is 11.4. The molecule has 7 nitrogen and oxygen atoms in total. The first-order valence-corrected chi connectivity index (χ1v) is 8.53. The fourth-order valence-corrected chi connectivity index (χ4v) is 3.55. The summed E-state index contributed by atoms with van der Waals surface area (Å²) in [7, 11) is -0.991. The summed E-state index contributed by atoms with van der Waals surface area (Å²) >= 11 is 0. The molecule has 0 aliphatic carbocycles. The van der Waals surface area contributed by atoms with Crippen LogP contribution in [0.15, 0.2) is 45.7 Å². The molecule has 8 heteroatoms. The number of aryl methyl sites for hydroxylation is 1. The zero-order valence-corrected chi connectivity index (χ0v) is 14.2. The molecule has 0 radical (unpaired) electrons. The second-order valence-electron chi connectivity index (χ2n) is 5.04. The molecule has 0 atom stereocenters. The zero-order chi connectivity index (χ0) is 17.3. The molecule has 0 aliphatic heterocycles. The molecule has 0 bridgehead atoms. The van der Waals surface area contributed by atoms with Crippen molar-refractivity contribution in [2.45, 2.75) is 11.8 Å². The van der Waals surface area contributed by atoms with Gasteiger partial charge in [-0.05, 0) is 30.3 Å². The van der Waals surface area contributed by atoms with Crippen molar-refractivity contribution in [3.8, 4) is 11.5 Å². The normalized spacial score (nSPS) is 11.5. The van der Waals surface area contributed by atoms with Gasteiger partial charge >= 0.3 is 0 Å². The number of anilines is 1. The molecule has 0 unspecified atom stereocenters. The molecule has 2 aromatic carbocycles. The fraction of sp³-hybridized carbons (Fsp3) is 0.188. The Morgan fingerprint density at radius 1 is 1.08 bits per heavy atom. The molecule has 1 N–H and O–H groups in total. The molecule has 0 aliphatic rings. The maximum Gasteiger partial charge on any atom is 0.265 e. The molecule has 0 spiro atoms. The van der Waals surface area contributed by atoms with E-state index in [9.17, 15) is 8.42 Å². The average molecular weight is 348 g/mol. The third kappa shape index (κ3) is 3.00. The lowest BCUT2D eigenvalue weighted by molar-refractivity contribution is 0.392. The number of fused-ring (bicyclic) bond motifs is 1. The third-order valence-electron chi connectivity index (χ3n) is 3.41. The summed E-state index contributed by atoms with van der Waals surface area (Å²) in [6, 6.07) is 9.45. The monoisotopic (exact) mass is 348 g/mol. The number of hydrogen-bond acceptors (Lipinski definition) is 6. The van der Waals surface area contributed by atoms with Gasteiger partial charge in [0.1, 0.15) is 21.9 Å². The van der Waals surface area contributed by atoms with Crippen LogP contribution in [0.5, 0.6) is 11.5 Å². The molecule has 0 amide bonds. The number of methoxy groups -OCH3 is 2. The molecule has 0 fully saturated rings. The first kappa shape index (κ1) is 16.1. The second kappa shape index (κ2) is 6.04. The predicted octanol–water partition coefficient (Wildman–Crippen LogP) is 2.95. The van der Waals surface area contributed by atoms with Crippen LogP contribution in [0.2, 0.25) is 0 Å². The smallest absolute Gasteiger partial charge is 0.265 e. The van der Waals surface area contributed by atoms with Gasteiger partial charge in [0.05, 0.1) is 19.9 Å². The number of sulfonamides is 1. The molecule has 3 aromatic rings. The van der Waals surface area contributed by atoms with E-state index in [0.29, 0.717) is 28.4 Å². The summed E-state index contributed by atoms with van der Waals surface area (Å²) in [6.07, 6.45) is 0. The Bertz CT molecular complexity index is 995. The van der Waals surface area contributed by atoms with Gasteiger partial charge in [-0.1, -0.05) is 0 Å². The fourth-order valence-electron chi connectivity index (χ4n) is 2.31. The number of rotatable bonds is 5. The van der Waals surface area contributed by atoms with E-state index in [1.807, 2.05) is 0 Å². The van der Waals surface area contributed by atoms with Crippen LogP contribution in [-0.2, 0) is 10.0 Å². The number of ether oxygens (including phenoxy) is 2. The van der Waals surface area contributed by atoms with Crippen LogP contribution >= 0.6 is 0 Å². The molecule has 0 saturated carbocycles. The van der Waals surface area contributed by atoms with Crippen LogP contribution in [0, 0.1) is 6.92 Å². The molecule has 0 saturated heterocycles. The highest BCUT2D eigenvalue weighted by Crippen LogP contribution is 2.30. The lowest BCUT2D eigenvalue weighted by atomic mass is 10.3. The van der Waals surface area contributed by atoms with Crippen molar-refractivity contribution in [1.29, 1.82) is 0 Å². The molecule has 3 rings (SSSR count). The van der Waals surface area contributed by atoms with Crippen molar-refractivity contribution < 1.29 is 22.3 Å². The van der Waals surface area contributed by atoms with Crippen molar-refractivity contribution in [2.75, 3.05) is 18.9 Å². The molecule has 24 heavy (non-hydrogen) atoms. The topological polar surface area (TPSA) is 90.7 Å². The highest BCUT2D eigenvalue weighted by Gasteiger charge is 2.21. The van der Waals surface area contributed by atoms with E-state index >= 15 is 0 Å². The Hall–Kier alpha value is -2.74. The Morgan fingerprint density at radius 3 is 2.58 bits per heavy atom. The third-order valence-corrected chi connectivity index (χ3v) is 4.81. The first-order valence-electron chi connectivity index (χ1n) is 7.05. The van der Waals surface area contributed by atoms with E-state index in [-0.39, 0.29) is 10.6 Å². The molecule has 1 aromatic heterocycles. The van der Waals surface area contributed by atoms with E-state index in [4.69, 9.17) is 13.9 Å². The van der Waals surface area contributed by atoms with Crippen molar-refractivity contribution in [3.63, 3.8) is 0 Å². The highest BCUT2D eigenvalue weighted by molar-refractivity contribution is 7.92. The maximum atomic E-state index is 12.7. The van der Waals surface area contributed by atoms with Gasteiger partial charge in [0.25, 0.3) is 10.0 Å². The summed E-state index contributed by atoms with van der Waals surface area (Å²) in [4.78, 5) is 4.18. The van der Waals surface area contributed by atoms with E-state index in [2.05, 4.69) is 9.71 Å². The number of benzene rings is 2. The summed E-state index contributed by atoms with van der Waals surface area (Å²) in [6.45, 7) is 1.73. The van der Waals surface area contributed by atoms with Gasteiger partial charge in [0, 0.05) is 13.0 Å². The minimum atomic E-state index is -3.86. The van der Waals surface area contributed by atoms with E-state index in [0.717, 1.165) is 0 Å². The van der Waals surface area contributed by atoms with Crippen LogP contribution in [-0.4, -0.2) is 27.6 Å². The lowest BCUT2D eigenvalue weighted by Gasteiger charge is -2.12. The average Bonchev–Trinajstić information content (AvgIpc) is 2.93. The Kier molecular flexibility index (Phi) is 4.06. The van der Waals surface area contributed by atoms with Crippen LogP contribution in [0.3, 0.4) is 0 Å². The lowest BCUT2D eigenvalue weighted by Crippen LogP contribution is -2.14. The van der Waals surface area contributed by atoms with Crippen molar-refractivity contribution in [3.05, 3.63) is 42.3 Å². The molecule has 126 valence electrons. The summed E-state index contributed by atoms with van der Waals surface area (Å²) in [5, 5.41) is 0. The minimum Gasteiger partial charge on any atom is -0.497 e. The standard InChI is InChI=1S/C16H16N2O5S/c1-10-17-13-8-11(4-6-14(13)23-10)18-24(19,20)16-9-12(21-2)5-7-15(16)22-3/h4-9,18H,1-3H3. The van der Waals surface area contributed by atoms with Crippen LogP contribution in [0.1, 0.15) is 5.89 Å². The maximum absolute atomic E-state index is 12.7. The van der Waals surface area contributed by atoms with E-state index in [1.165, 1.54) is 26.4 Å². The predicted molar refractivity (Wildman–Crippen MR) is 89.1 cm³/mol. The van der Waals surface area contributed by atoms with Gasteiger partial charge in [-0.3, -0.25) is 4.72 Å². The SMILES string of the molecule is COc1ccc(OC)c(S(=O)(=O)Nc2ccc3oc(C)nc3c2)c1. The number of nitrogens with zero attached hydrogens (tertiary/aromatic N) is 1. The zero-order valence-electron chi connectivity index (χ0n) is 13.4. The van der Waals surface area contributed by atoms with Gasteiger partial charge in [0.2, 0.25) is 0 Å². The van der Waals surface area contributed by atoms with Crippen LogP contribution in [0.25, 0.3) is 11.1 Å². The second-order valence-corrected chi connectivity index (χ2v) is 6.69. The Morgan fingerprint density at radius 2 is 1.88 bits per heavy atom. The van der Waals surface area contributed by atoms with Crippen LogP contribution in [0.4, 0.5) is 5.69 Å². The molecular weight excluding hydrogens is 332 g/mol. The summed E-state index contributed by atoms with van der Waals surface area (Å²) in [5.41, 5.74) is 1.54. The van der Waals surface area contributed by atoms with Gasteiger partial charge in [-0.15, -0.1) is 0 Å². The summed E-state index contributed by atoms with van der Waals surface area (Å²) in [5.74, 6) is 1.15. The van der Waals surface area contributed by atoms with Gasteiger partial charge in [-0.2, -0.15) is 0 Å². The van der Waals surface area contributed by atoms with Gasteiger partial charge in [-0.25, -0.2) is 13.4 Å². The molecule has 1 heterocycles. The van der Waals surface area contributed by atoms with E-state index < -0.39 is 10.0 Å². The number of aromatic nitrogens is 1. The number of hydrogen-bond donors (Lipinski definition) is 1. The van der Waals surface area contributed by atoms with Crippen molar-refractivity contribution in [2.24, 2.45) is 0 Å². The minimum absolute atomic E-state index is 0.0132. The summed E-state index contributed by atoms with van der Waals surface area (Å²) < 4.78 is 43.5. The largest absolute Gasteiger partial charge is 0.497 e. The number of nitrogens with one attached hydrogen (secondary N) is 1. The highest BCUT2D eigenvalue weighted by atomic mass is 32.2.